The first-order valence-corrected chi connectivity index (χ1v) is 4.31. The normalized spacial score (nSPS) is 9.92. The largest absolute Gasteiger partial charge is 0.461 e. The zero-order chi connectivity index (χ0) is 9.14. The molecule has 1 aromatic heterocycles. The summed E-state index contributed by atoms with van der Waals surface area (Å²) in [5.74, 6) is -0.586. The number of halogens is 2. The van der Waals surface area contributed by atoms with Crippen molar-refractivity contribution in [3.8, 4) is 0 Å². The van der Waals surface area contributed by atoms with Crippen LogP contribution in [0.4, 0.5) is 0 Å². The predicted molar refractivity (Wildman–Crippen MR) is 45.2 cm³/mol. The van der Waals surface area contributed by atoms with Gasteiger partial charge in [0.2, 0.25) is 10.9 Å². The van der Waals surface area contributed by atoms with Crippen molar-refractivity contribution in [2.45, 2.75) is 6.92 Å². The molecule has 0 aliphatic heterocycles. The van der Waals surface area contributed by atoms with Gasteiger partial charge in [-0.15, -0.1) is 0 Å². The highest BCUT2D eigenvalue weighted by molar-refractivity contribution is 9.10. The second-order valence-electron chi connectivity index (χ2n) is 1.81. The van der Waals surface area contributed by atoms with E-state index in [1.54, 1.807) is 6.92 Å². The summed E-state index contributed by atoms with van der Waals surface area (Å²) >= 11 is 8.45. The number of hydrogen-bond acceptors (Lipinski definition) is 4. The molecule has 0 saturated heterocycles. The van der Waals surface area contributed by atoms with Crippen molar-refractivity contribution in [1.82, 2.24) is 4.98 Å². The van der Waals surface area contributed by atoms with Crippen LogP contribution < -0.4 is 0 Å². The van der Waals surface area contributed by atoms with Crippen molar-refractivity contribution >= 4 is 33.5 Å². The monoisotopic (exact) mass is 253 g/mol. The van der Waals surface area contributed by atoms with Crippen molar-refractivity contribution in [2.75, 3.05) is 6.61 Å². The molecular weight excluding hydrogens is 249 g/mol. The fourth-order valence-corrected chi connectivity index (χ4v) is 1.23. The minimum absolute atomic E-state index is 0.00890. The Morgan fingerprint density at radius 3 is 2.92 bits per heavy atom. The van der Waals surface area contributed by atoms with Crippen molar-refractivity contribution < 1.29 is 13.9 Å². The number of oxazole rings is 1. The first-order valence-electron chi connectivity index (χ1n) is 3.14. The molecule has 0 aliphatic rings. The number of hydrogen-bond donors (Lipinski definition) is 0. The SMILES string of the molecule is CCOC(=O)c1nc(Br)oc1Cl. The zero-order valence-corrected chi connectivity index (χ0v) is 8.48. The Morgan fingerprint density at radius 2 is 2.50 bits per heavy atom. The lowest BCUT2D eigenvalue weighted by molar-refractivity contribution is 0.0519. The lowest BCUT2D eigenvalue weighted by Crippen LogP contribution is -2.05. The second kappa shape index (κ2) is 3.91. The molecule has 1 aromatic rings. The van der Waals surface area contributed by atoms with Crippen LogP contribution in [0.25, 0.3) is 0 Å². The summed E-state index contributed by atoms with van der Waals surface area (Å²) in [6.07, 6.45) is 0. The summed E-state index contributed by atoms with van der Waals surface area (Å²) in [6, 6.07) is 0. The summed E-state index contributed by atoms with van der Waals surface area (Å²) in [7, 11) is 0. The molecule has 0 spiro atoms. The van der Waals surface area contributed by atoms with Gasteiger partial charge in [0.05, 0.1) is 6.61 Å². The average Bonchev–Trinajstić information content (AvgIpc) is 2.30. The third-order valence-electron chi connectivity index (χ3n) is 1.03. The molecule has 0 fully saturated rings. The molecule has 0 aliphatic carbocycles. The molecule has 0 bridgehead atoms. The topological polar surface area (TPSA) is 52.3 Å². The van der Waals surface area contributed by atoms with Crippen molar-refractivity contribution in [1.29, 1.82) is 0 Å². The standard InChI is InChI=1S/C6H5BrClNO3/c1-2-11-5(10)3-4(8)12-6(7)9-3/h2H2,1H3. The minimum Gasteiger partial charge on any atom is -0.461 e. The third-order valence-corrected chi connectivity index (χ3v) is 1.62. The lowest BCUT2D eigenvalue weighted by Gasteiger charge is -1.95. The highest BCUT2D eigenvalue weighted by Gasteiger charge is 2.18. The van der Waals surface area contributed by atoms with Gasteiger partial charge >= 0.3 is 5.97 Å². The van der Waals surface area contributed by atoms with Crippen molar-refractivity contribution in [3.63, 3.8) is 0 Å². The Bertz CT molecular complexity index is 299. The van der Waals surface area contributed by atoms with E-state index in [4.69, 9.17) is 16.0 Å². The molecule has 0 saturated carbocycles. The van der Waals surface area contributed by atoms with Gasteiger partial charge in [0.1, 0.15) is 0 Å². The van der Waals surface area contributed by atoms with Gasteiger partial charge in [-0.05, 0) is 18.5 Å². The minimum atomic E-state index is -0.586. The smallest absolute Gasteiger partial charge is 0.362 e. The zero-order valence-electron chi connectivity index (χ0n) is 6.13. The molecule has 1 heterocycles. The molecular formula is C6H5BrClNO3. The summed E-state index contributed by atoms with van der Waals surface area (Å²) in [5, 5.41) is -0.0691. The molecule has 0 aromatic carbocycles. The van der Waals surface area contributed by atoms with Crippen LogP contribution in [0.15, 0.2) is 9.22 Å². The van der Waals surface area contributed by atoms with Gasteiger partial charge < -0.3 is 9.15 Å². The Labute approximate surface area is 82.0 Å². The maximum absolute atomic E-state index is 11.0. The van der Waals surface area contributed by atoms with E-state index < -0.39 is 5.97 Å². The molecule has 1 rings (SSSR count). The van der Waals surface area contributed by atoms with Crippen LogP contribution in [0, 0.1) is 0 Å². The van der Waals surface area contributed by atoms with Crippen molar-refractivity contribution in [2.24, 2.45) is 0 Å². The van der Waals surface area contributed by atoms with Gasteiger partial charge in [0, 0.05) is 15.9 Å². The van der Waals surface area contributed by atoms with Crippen LogP contribution in [0.2, 0.25) is 5.22 Å². The fraction of sp³-hybridized carbons (Fsp3) is 0.333. The molecule has 0 atom stereocenters. The van der Waals surface area contributed by atoms with Crippen LogP contribution in [0.1, 0.15) is 17.4 Å². The van der Waals surface area contributed by atoms with E-state index in [2.05, 4.69) is 25.7 Å². The van der Waals surface area contributed by atoms with Crippen LogP contribution in [0.5, 0.6) is 0 Å². The number of aromatic nitrogens is 1. The Hall–Kier alpha value is -0.550. The summed E-state index contributed by atoms with van der Waals surface area (Å²) in [6.45, 7) is 1.97. The van der Waals surface area contributed by atoms with Gasteiger partial charge in [0.25, 0.3) is 4.80 Å². The molecule has 0 unspecified atom stereocenters. The summed E-state index contributed by atoms with van der Waals surface area (Å²) in [4.78, 5) is 14.9. The fourth-order valence-electron chi connectivity index (χ4n) is 0.602. The lowest BCUT2D eigenvalue weighted by atomic mass is 10.5. The number of carbonyl (C=O) groups excluding carboxylic acids is 1. The van der Waals surface area contributed by atoms with Crippen LogP contribution in [0.3, 0.4) is 0 Å². The first-order chi connectivity index (χ1) is 5.65. The van der Waals surface area contributed by atoms with Gasteiger partial charge in [-0.2, -0.15) is 4.98 Å². The van der Waals surface area contributed by atoms with E-state index >= 15 is 0 Å². The third kappa shape index (κ3) is 1.98. The first kappa shape index (κ1) is 9.54. The predicted octanol–water partition coefficient (Wildman–Crippen LogP) is 2.27. The van der Waals surface area contributed by atoms with E-state index in [1.165, 1.54) is 0 Å². The molecule has 0 N–H and O–H groups in total. The van der Waals surface area contributed by atoms with Gasteiger partial charge in [-0.3, -0.25) is 0 Å². The number of nitrogens with zero attached hydrogens (tertiary/aromatic N) is 1. The van der Waals surface area contributed by atoms with Gasteiger partial charge in [-0.25, -0.2) is 4.79 Å². The highest BCUT2D eigenvalue weighted by Crippen LogP contribution is 2.21. The maximum Gasteiger partial charge on any atom is 0.362 e. The number of carbonyl (C=O) groups is 1. The molecule has 66 valence electrons. The summed E-state index contributed by atoms with van der Waals surface area (Å²) in [5.41, 5.74) is -0.00890. The Morgan fingerprint density at radius 1 is 1.83 bits per heavy atom. The quantitative estimate of drug-likeness (QED) is 0.760. The van der Waals surface area contributed by atoms with Crippen LogP contribution >= 0.6 is 27.5 Å². The second-order valence-corrected chi connectivity index (χ2v) is 2.83. The van der Waals surface area contributed by atoms with E-state index in [0.717, 1.165) is 0 Å². The van der Waals surface area contributed by atoms with Crippen LogP contribution in [-0.4, -0.2) is 17.6 Å². The Kier molecular flexibility index (Phi) is 3.11. The number of ether oxygens (including phenoxy) is 1. The number of rotatable bonds is 2. The highest BCUT2D eigenvalue weighted by atomic mass is 79.9. The summed E-state index contributed by atoms with van der Waals surface area (Å²) < 4.78 is 9.41. The molecule has 4 nitrogen and oxygen atoms in total. The van der Waals surface area contributed by atoms with E-state index in [1.807, 2.05) is 0 Å². The van der Waals surface area contributed by atoms with Crippen molar-refractivity contribution in [3.05, 3.63) is 15.7 Å². The molecule has 6 heteroatoms. The molecule has 0 radical (unpaired) electrons. The molecule has 0 amide bonds. The van der Waals surface area contributed by atoms with E-state index in [9.17, 15) is 4.79 Å². The molecule has 12 heavy (non-hydrogen) atoms. The number of esters is 1. The van der Waals surface area contributed by atoms with Gasteiger partial charge in [-0.1, -0.05) is 0 Å². The van der Waals surface area contributed by atoms with Crippen LogP contribution in [-0.2, 0) is 4.74 Å². The average molecular weight is 254 g/mol. The van der Waals surface area contributed by atoms with E-state index in [-0.39, 0.29) is 22.3 Å². The van der Waals surface area contributed by atoms with Gasteiger partial charge in [0.15, 0.2) is 0 Å². The maximum atomic E-state index is 11.0. The van der Waals surface area contributed by atoms with E-state index in [0.29, 0.717) is 0 Å². The Balaban J connectivity index is 2.87.